The normalized spacial score (nSPS) is 23.5. The number of nitrogens with zero attached hydrogens (tertiary/aromatic N) is 3. The monoisotopic (exact) mass is 401 g/mol. The predicted octanol–water partition coefficient (Wildman–Crippen LogP) is 3.05. The lowest BCUT2D eigenvalue weighted by Gasteiger charge is -2.33. The van der Waals surface area contributed by atoms with Crippen molar-refractivity contribution in [3.05, 3.63) is 30.5 Å². The average Bonchev–Trinajstić information content (AvgIpc) is 3.07. The molecule has 0 unspecified atom stereocenters. The van der Waals surface area contributed by atoms with Crippen LogP contribution in [0, 0.1) is 0 Å². The number of methoxy groups -OCH3 is 1. The number of hydrogen-bond donors (Lipinski definition) is 0. The summed E-state index contributed by atoms with van der Waals surface area (Å²) < 4.78 is 25.2. The molecule has 0 N–H and O–H groups in total. The molecule has 7 heteroatoms. The van der Waals surface area contributed by atoms with Crippen molar-refractivity contribution < 1.29 is 18.7 Å². The van der Waals surface area contributed by atoms with Crippen LogP contribution in [-0.2, 0) is 4.79 Å². The summed E-state index contributed by atoms with van der Waals surface area (Å²) in [5.41, 5.74) is 0.872. The highest BCUT2D eigenvalue weighted by Gasteiger charge is 2.33. The molecule has 1 amide bonds. The molecule has 2 fully saturated rings. The lowest BCUT2D eigenvalue weighted by atomic mass is 10.1. The van der Waals surface area contributed by atoms with Gasteiger partial charge in [-0.25, -0.2) is 4.39 Å². The maximum atomic E-state index is 13.5. The van der Waals surface area contributed by atoms with Crippen LogP contribution < -0.4 is 9.47 Å². The highest BCUT2D eigenvalue weighted by molar-refractivity contribution is 5.86. The smallest absolute Gasteiger partial charge is 0.237 e. The van der Waals surface area contributed by atoms with E-state index in [0.717, 1.165) is 48.3 Å². The second kappa shape index (κ2) is 8.53. The molecule has 2 atom stereocenters. The van der Waals surface area contributed by atoms with E-state index in [1.807, 2.05) is 31.2 Å². The molecular formula is C22H28FN3O3. The van der Waals surface area contributed by atoms with E-state index in [2.05, 4.69) is 9.88 Å². The van der Waals surface area contributed by atoms with Gasteiger partial charge in [0.05, 0.1) is 25.7 Å². The van der Waals surface area contributed by atoms with Gasteiger partial charge in [0.15, 0.2) is 0 Å². The van der Waals surface area contributed by atoms with Crippen LogP contribution in [0.25, 0.3) is 10.9 Å². The summed E-state index contributed by atoms with van der Waals surface area (Å²) in [6.07, 6.45) is 3.12. The number of carbonyl (C=O) groups is 1. The Balaban J connectivity index is 1.33. The van der Waals surface area contributed by atoms with Crippen molar-refractivity contribution >= 4 is 16.8 Å². The molecule has 2 aromatic rings. The number of halogens is 1. The standard InChI is InChI=1S/C22H28FN3O3/c1-15-11-16(23)13-26(15)22(27)14-25-9-6-17(7-10-25)29-21-5-8-24-20-4-3-18(28-2)12-19(20)21/h3-5,8,12,15-17H,6-7,9-11,13-14H2,1-2H3/t15-,16+/m1/s1. The Bertz CT molecular complexity index is 870. The number of aromatic nitrogens is 1. The quantitative estimate of drug-likeness (QED) is 0.771. The zero-order chi connectivity index (χ0) is 20.4. The van der Waals surface area contributed by atoms with Gasteiger partial charge in [-0.05, 0) is 44.0 Å². The van der Waals surface area contributed by atoms with Crippen molar-refractivity contribution in [3.63, 3.8) is 0 Å². The van der Waals surface area contributed by atoms with Gasteiger partial charge in [0.1, 0.15) is 23.8 Å². The summed E-state index contributed by atoms with van der Waals surface area (Å²) in [6.45, 7) is 4.11. The fourth-order valence-electron chi connectivity index (χ4n) is 4.29. The Morgan fingerprint density at radius 3 is 2.76 bits per heavy atom. The topological polar surface area (TPSA) is 54.9 Å². The van der Waals surface area contributed by atoms with Crippen molar-refractivity contribution in [1.82, 2.24) is 14.8 Å². The van der Waals surface area contributed by atoms with Gasteiger partial charge >= 0.3 is 0 Å². The number of carbonyl (C=O) groups excluding carboxylic acids is 1. The Hall–Kier alpha value is -2.41. The largest absolute Gasteiger partial charge is 0.497 e. The fourth-order valence-corrected chi connectivity index (χ4v) is 4.29. The third-order valence-corrected chi connectivity index (χ3v) is 5.94. The molecule has 156 valence electrons. The summed E-state index contributed by atoms with van der Waals surface area (Å²) in [5, 5.41) is 0.938. The number of benzene rings is 1. The SMILES string of the molecule is COc1ccc2nccc(OC3CCN(CC(=O)N4C[C@@H](F)C[C@H]4C)CC3)c2c1. The molecule has 0 bridgehead atoms. The summed E-state index contributed by atoms with van der Waals surface area (Å²) >= 11 is 0. The van der Waals surface area contributed by atoms with Crippen molar-refractivity contribution in [2.45, 2.75) is 44.5 Å². The summed E-state index contributed by atoms with van der Waals surface area (Å²) in [7, 11) is 1.64. The van der Waals surface area contributed by atoms with Gasteiger partial charge in [-0.3, -0.25) is 14.7 Å². The Kier molecular flexibility index (Phi) is 5.85. The molecular weight excluding hydrogens is 373 g/mol. The molecule has 2 saturated heterocycles. The van der Waals surface area contributed by atoms with Crippen LogP contribution in [0.3, 0.4) is 0 Å². The van der Waals surface area contributed by atoms with Gasteiger partial charge in [-0.15, -0.1) is 0 Å². The molecule has 0 saturated carbocycles. The average molecular weight is 401 g/mol. The van der Waals surface area contributed by atoms with E-state index >= 15 is 0 Å². The molecule has 1 aromatic heterocycles. The fraction of sp³-hybridized carbons (Fsp3) is 0.545. The van der Waals surface area contributed by atoms with Gasteiger partial charge in [-0.1, -0.05) is 0 Å². The first kappa shape index (κ1) is 19.9. The van der Waals surface area contributed by atoms with Crippen LogP contribution in [0.1, 0.15) is 26.2 Å². The number of likely N-dealkylation sites (tertiary alicyclic amines) is 2. The van der Waals surface area contributed by atoms with Crippen LogP contribution >= 0.6 is 0 Å². The molecule has 2 aliphatic rings. The van der Waals surface area contributed by atoms with Gasteiger partial charge in [-0.2, -0.15) is 0 Å². The molecule has 0 radical (unpaired) electrons. The Labute approximate surface area is 170 Å². The molecule has 4 rings (SSSR count). The molecule has 1 aromatic carbocycles. The van der Waals surface area contributed by atoms with E-state index < -0.39 is 6.17 Å². The minimum Gasteiger partial charge on any atom is -0.497 e. The van der Waals surface area contributed by atoms with Crippen molar-refractivity contribution in [2.75, 3.05) is 33.3 Å². The Morgan fingerprint density at radius 1 is 1.28 bits per heavy atom. The number of piperidine rings is 1. The van der Waals surface area contributed by atoms with E-state index in [1.54, 1.807) is 18.2 Å². The maximum Gasteiger partial charge on any atom is 0.237 e. The molecule has 6 nitrogen and oxygen atoms in total. The summed E-state index contributed by atoms with van der Waals surface area (Å²) in [4.78, 5) is 20.7. The second-order valence-corrected chi connectivity index (χ2v) is 8.01. The van der Waals surface area contributed by atoms with Crippen molar-refractivity contribution in [2.24, 2.45) is 0 Å². The first-order valence-electron chi connectivity index (χ1n) is 10.3. The van der Waals surface area contributed by atoms with Gasteiger partial charge in [0, 0.05) is 37.1 Å². The minimum absolute atomic E-state index is 0.00432. The molecule has 0 aliphatic carbocycles. The second-order valence-electron chi connectivity index (χ2n) is 8.01. The van der Waals surface area contributed by atoms with E-state index in [1.165, 1.54) is 0 Å². The number of rotatable bonds is 5. The lowest BCUT2D eigenvalue weighted by molar-refractivity contribution is -0.133. The van der Waals surface area contributed by atoms with Crippen LogP contribution in [0.5, 0.6) is 11.5 Å². The van der Waals surface area contributed by atoms with E-state index in [9.17, 15) is 9.18 Å². The highest BCUT2D eigenvalue weighted by atomic mass is 19.1. The number of fused-ring (bicyclic) bond motifs is 1. The zero-order valence-corrected chi connectivity index (χ0v) is 17.0. The third kappa shape index (κ3) is 4.45. The van der Waals surface area contributed by atoms with E-state index in [0.29, 0.717) is 13.0 Å². The Morgan fingerprint density at radius 2 is 2.07 bits per heavy atom. The van der Waals surface area contributed by atoms with Gasteiger partial charge in [0.25, 0.3) is 0 Å². The van der Waals surface area contributed by atoms with Gasteiger partial charge in [0.2, 0.25) is 5.91 Å². The number of amides is 1. The number of ether oxygens (including phenoxy) is 2. The maximum absolute atomic E-state index is 13.5. The van der Waals surface area contributed by atoms with E-state index in [-0.39, 0.29) is 24.6 Å². The summed E-state index contributed by atoms with van der Waals surface area (Å²) in [5.74, 6) is 1.61. The highest BCUT2D eigenvalue weighted by Crippen LogP contribution is 2.30. The third-order valence-electron chi connectivity index (χ3n) is 5.94. The molecule has 29 heavy (non-hydrogen) atoms. The van der Waals surface area contributed by atoms with E-state index in [4.69, 9.17) is 9.47 Å². The van der Waals surface area contributed by atoms with Crippen molar-refractivity contribution in [1.29, 1.82) is 0 Å². The zero-order valence-electron chi connectivity index (χ0n) is 17.0. The lowest BCUT2D eigenvalue weighted by Crippen LogP contribution is -2.46. The molecule has 3 heterocycles. The first-order chi connectivity index (χ1) is 14.0. The number of pyridine rings is 1. The van der Waals surface area contributed by atoms with Crippen LogP contribution in [0.15, 0.2) is 30.5 Å². The molecule has 0 spiro atoms. The van der Waals surface area contributed by atoms with Crippen LogP contribution in [0.2, 0.25) is 0 Å². The first-order valence-corrected chi connectivity index (χ1v) is 10.3. The molecule has 2 aliphatic heterocycles. The summed E-state index contributed by atoms with van der Waals surface area (Å²) in [6, 6.07) is 7.65. The van der Waals surface area contributed by atoms with Crippen LogP contribution in [-0.4, -0.2) is 72.3 Å². The number of alkyl halides is 1. The number of hydrogen-bond acceptors (Lipinski definition) is 5. The minimum atomic E-state index is -0.887. The van der Waals surface area contributed by atoms with Gasteiger partial charge < -0.3 is 14.4 Å². The van der Waals surface area contributed by atoms with Crippen molar-refractivity contribution in [3.8, 4) is 11.5 Å². The predicted molar refractivity (Wildman–Crippen MR) is 109 cm³/mol. The van der Waals surface area contributed by atoms with Crippen LogP contribution in [0.4, 0.5) is 4.39 Å².